The molecule has 0 atom stereocenters. The number of sulfonamides is 1. The van der Waals surface area contributed by atoms with Crippen molar-refractivity contribution in [2.24, 2.45) is 5.92 Å². The van der Waals surface area contributed by atoms with E-state index in [0.717, 1.165) is 0 Å². The summed E-state index contributed by atoms with van der Waals surface area (Å²) in [6.45, 7) is 4.14. The van der Waals surface area contributed by atoms with Crippen molar-refractivity contribution in [1.82, 2.24) is 4.31 Å². The Morgan fingerprint density at radius 3 is 2.39 bits per heavy atom. The number of aromatic carboxylic acids is 1. The topological polar surface area (TPSA) is 74.7 Å². The van der Waals surface area contributed by atoms with E-state index in [1.165, 1.54) is 35.6 Å². The van der Waals surface area contributed by atoms with Crippen LogP contribution in [0.1, 0.15) is 24.2 Å². The van der Waals surface area contributed by atoms with Crippen LogP contribution in [0.4, 0.5) is 0 Å². The van der Waals surface area contributed by atoms with Gasteiger partial charge in [-0.05, 0) is 18.1 Å². The average Bonchev–Trinajstić information content (AvgIpc) is 2.28. The standard InChI is InChI=1S/C12H17NO4S/c1-9(2)8-13(3)18(16,17)11-7-5-4-6-10(11)12(14)15/h4-7,9H,8H2,1-3H3,(H,14,15). The fraction of sp³-hybridized carbons (Fsp3) is 0.417. The van der Waals surface area contributed by atoms with E-state index >= 15 is 0 Å². The van der Waals surface area contributed by atoms with Crippen molar-refractivity contribution in [1.29, 1.82) is 0 Å². The Balaban J connectivity index is 3.24. The van der Waals surface area contributed by atoms with Crippen LogP contribution in [0.25, 0.3) is 0 Å². The van der Waals surface area contributed by atoms with Crippen molar-refractivity contribution in [3.63, 3.8) is 0 Å². The molecule has 0 radical (unpaired) electrons. The third-order valence-corrected chi connectivity index (χ3v) is 4.31. The molecule has 0 fully saturated rings. The molecule has 5 nitrogen and oxygen atoms in total. The van der Waals surface area contributed by atoms with E-state index in [1.807, 2.05) is 13.8 Å². The molecule has 0 aromatic heterocycles. The van der Waals surface area contributed by atoms with E-state index in [0.29, 0.717) is 6.54 Å². The number of rotatable bonds is 5. The number of benzene rings is 1. The average molecular weight is 271 g/mol. The van der Waals surface area contributed by atoms with Gasteiger partial charge < -0.3 is 5.11 Å². The van der Waals surface area contributed by atoms with Gasteiger partial charge in [0.25, 0.3) is 0 Å². The van der Waals surface area contributed by atoms with E-state index in [9.17, 15) is 13.2 Å². The van der Waals surface area contributed by atoms with Crippen LogP contribution in [0.15, 0.2) is 29.2 Å². The zero-order valence-corrected chi connectivity index (χ0v) is 11.4. The Hall–Kier alpha value is -1.40. The second-order valence-corrected chi connectivity index (χ2v) is 6.49. The molecule has 1 rings (SSSR count). The van der Waals surface area contributed by atoms with Gasteiger partial charge in [0.1, 0.15) is 0 Å². The van der Waals surface area contributed by atoms with Crippen molar-refractivity contribution >= 4 is 16.0 Å². The third kappa shape index (κ3) is 3.08. The van der Waals surface area contributed by atoms with Crippen molar-refractivity contribution in [2.75, 3.05) is 13.6 Å². The molecule has 1 N–H and O–H groups in total. The van der Waals surface area contributed by atoms with Gasteiger partial charge in [0.05, 0.1) is 10.5 Å². The summed E-state index contributed by atoms with van der Waals surface area (Å²) >= 11 is 0. The Morgan fingerprint density at radius 1 is 1.33 bits per heavy atom. The predicted molar refractivity (Wildman–Crippen MR) is 68.1 cm³/mol. The van der Waals surface area contributed by atoms with Crippen LogP contribution in [0.5, 0.6) is 0 Å². The van der Waals surface area contributed by atoms with Gasteiger partial charge in [-0.1, -0.05) is 26.0 Å². The Kier molecular flexibility index (Phi) is 4.48. The Labute approximate surface area is 107 Å². The zero-order chi connectivity index (χ0) is 13.9. The summed E-state index contributed by atoms with van der Waals surface area (Å²) in [7, 11) is -2.30. The maximum atomic E-state index is 12.3. The van der Waals surface area contributed by atoms with Gasteiger partial charge >= 0.3 is 5.97 Å². The maximum absolute atomic E-state index is 12.3. The van der Waals surface area contributed by atoms with Crippen molar-refractivity contribution in [3.8, 4) is 0 Å². The molecule has 1 aromatic rings. The van der Waals surface area contributed by atoms with Crippen LogP contribution in [0.3, 0.4) is 0 Å². The fourth-order valence-electron chi connectivity index (χ4n) is 1.65. The number of carboxylic acids is 1. The lowest BCUT2D eigenvalue weighted by atomic mass is 10.2. The van der Waals surface area contributed by atoms with E-state index in [2.05, 4.69) is 0 Å². The monoisotopic (exact) mass is 271 g/mol. The minimum atomic E-state index is -3.76. The summed E-state index contributed by atoms with van der Waals surface area (Å²) in [5.41, 5.74) is -0.201. The zero-order valence-electron chi connectivity index (χ0n) is 10.6. The molecule has 0 bridgehead atoms. The second-order valence-electron chi connectivity index (χ2n) is 4.48. The number of carbonyl (C=O) groups is 1. The van der Waals surface area contributed by atoms with Gasteiger partial charge in [-0.2, -0.15) is 0 Å². The summed E-state index contributed by atoms with van der Waals surface area (Å²) in [6, 6.07) is 5.63. The van der Waals surface area contributed by atoms with Crippen LogP contribution in [-0.2, 0) is 10.0 Å². The first-order valence-corrected chi connectivity index (χ1v) is 6.99. The van der Waals surface area contributed by atoms with E-state index in [-0.39, 0.29) is 16.4 Å². The quantitative estimate of drug-likeness (QED) is 0.883. The summed E-state index contributed by atoms with van der Waals surface area (Å²) in [5.74, 6) is -1.08. The first-order valence-electron chi connectivity index (χ1n) is 5.55. The lowest BCUT2D eigenvalue weighted by molar-refractivity contribution is 0.0692. The predicted octanol–water partition coefficient (Wildman–Crippen LogP) is 1.66. The van der Waals surface area contributed by atoms with Crippen molar-refractivity contribution in [2.45, 2.75) is 18.7 Å². The molecule has 0 saturated heterocycles. The summed E-state index contributed by atoms with van der Waals surface area (Å²) in [5, 5.41) is 9.01. The van der Waals surface area contributed by atoms with Gasteiger partial charge in [0.15, 0.2) is 0 Å². The molecule has 0 aliphatic rings. The van der Waals surface area contributed by atoms with Crippen LogP contribution in [-0.4, -0.2) is 37.4 Å². The van der Waals surface area contributed by atoms with Crippen LogP contribution in [0.2, 0.25) is 0 Å². The molecular weight excluding hydrogens is 254 g/mol. The fourth-order valence-corrected chi connectivity index (χ4v) is 3.16. The van der Waals surface area contributed by atoms with E-state index in [1.54, 1.807) is 0 Å². The Bertz CT molecular complexity index is 537. The number of hydrogen-bond donors (Lipinski definition) is 1. The molecule has 0 aliphatic carbocycles. The van der Waals surface area contributed by atoms with Crippen LogP contribution < -0.4 is 0 Å². The van der Waals surface area contributed by atoms with Crippen LogP contribution in [0, 0.1) is 5.92 Å². The normalized spacial score (nSPS) is 12.1. The number of nitrogens with zero attached hydrogens (tertiary/aromatic N) is 1. The Morgan fingerprint density at radius 2 is 1.89 bits per heavy atom. The van der Waals surface area contributed by atoms with Gasteiger partial charge in [-0.15, -0.1) is 0 Å². The summed E-state index contributed by atoms with van der Waals surface area (Å²) in [6.07, 6.45) is 0. The molecular formula is C12H17NO4S. The highest BCUT2D eigenvalue weighted by Crippen LogP contribution is 2.20. The summed E-state index contributed by atoms with van der Waals surface area (Å²) in [4.78, 5) is 10.9. The molecule has 0 spiro atoms. The first kappa shape index (κ1) is 14.7. The molecule has 6 heteroatoms. The highest BCUT2D eigenvalue weighted by Gasteiger charge is 2.26. The van der Waals surface area contributed by atoms with Gasteiger partial charge in [0.2, 0.25) is 10.0 Å². The van der Waals surface area contributed by atoms with E-state index < -0.39 is 16.0 Å². The van der Waals surface area contributed by atoms with Crippen LogP contribution >= 0.6 is 0 Å². The van der Waals surface area contributed by atoms with Gasteiger partial charge in [0, 0.05) is 13.6 Å². The molecule has 0 aliphatic heterocycles. The lowest BCUT2D eigenvalue weighted by Crippen LogP contribution is -2.31. The highest BCUT2D eigenvalue weighted by molar-refractivity contribution is 7.89. The molecule has 18 heavy (non-hydrogen) atoms. The molecule has 0 amide bonds. The first-order chi connectivity index (χ1) is 8.26. The minimum Gasteiger partial charge on any atom is -0.478 e. The third-order valence-electron chi connectivity index (χ3n) is 2.43. The SMILES string of the molecule is CC(C)CN(C)S(=O)(=O)c1ccccc1C(=O)O. The number of hydrogen-bond acceptors (Lipinski definition) is 3. The number of carboxylic acid groups (broad SMARTS) is 1. The smallest absolute Gasteiger partial charge is 0.337 e. The highest BCUT2D eigenvalue weighted by atomic mass is 32.2. The summed E-state index contributed by atoms with van der Waals surface area (Å²) < 4.78 is 25.7. The van der Waals surface area contributed by atoms with Gasteiger partial charge in [-0.3, -0.25) is 0 Å². The molecule has 0 heterocycles. The molecule has 1 aromatic carbocycles. The van der Waals surface area contributed by atoms with Gasteiger partial charge in [-0.25, -0.2) is 17.5 Å². The minimum absolute atomic E-state index is 0.166. The molecule has 100 valence electrons. The van der Waals surface area contributed by atoms with Crippen molar-refractivity contribution in [3.05, 3.63) is 29.8 Å². The molecule has 0 saturated carbocycles. The van der Waals surface area contributed by atoms with Crippen molar-refractivity contribution < 1.29 is 18.3 Å². The molecule has 0 unspecified atom stereocenters. The second kappa shape index (κ2) is 5.49. The lowest BCUT2D eigenvalue weighted by Gasteiger charge is -2.20. The maximum Gasteiger partial charge on any atom is 0.337 e. The van der Waals surface area contributed by atoms with E-state index in [4.69, 9.17) is 5.11 Å². The largest absolute Gasteiger partial charge is 0.478 e.